The van der Waals surface area contributed by atoms with Crippen molar-refractivity contribution in [3.05, 3.63) is 63.7 Å². The minimum atomic E-state index is -0.279. The summed E-state index contributed by atoms with van der Waals surface area (Å²) in [6.45, 7) is 3.35. The van der Waals surface area contributed by atoms with Crippen molar-refractivity contribution in [2.45, 2.75) is 45.0 Å². The molecule has 3 aromatic heterocycles. The molecule has 1 saturated heterocycles. The van der Waals surface area contributed by atoms with E-state index in [-0.39, 0.29) is 17.4 Å². The maximum Gasteiger partial charge on any atom is 0.267 e. The normalized spacial score (nSPS) is 20.0. The second kappa shape index (κ2) is 7.10. The van der Waals surface area contributed by atoms with Crippen molar-refractivity contribution >= 4 is 5.65 Å². The summed E-state index contributed by atoms with van der Waals surface area (Å²) in [4.78, 5) is 19.4. The second-order valence-electron chi connectivity index (χ2n) is 7.55. The number of imidazole rings is 1. The number of ether oxygens (including phenoxy) is 1. The van der Waals surface area contributed by atoms with E-state index in [1.165, 1.54) is 12.3 Å². The number of aromatic nitrogens is 4. The molecule has 0 bridgehead atoms. The molecule has 5 heterocycles. The van der Waals surface area contributed by atoms with Crippen LogP contribution in [0, 0.1) is 5.82 Å². The van der Waals surface area contributed by atoms with E-state index in [1.807, 2.05) is 6.20 Å². The van der Waals surface area contributed by atoms with Crippen molar-refractivity contribution in [1.82, 2.24) is 24.1 Å². The predicted octanol–water partition coefficient (Wildman–Crippen LogP) is 1.77. The van der Waals surface area contributed by atoms with Gasteiger partial charge < -0.3 is 9.14 Å². The number of hydrogen-bond donors (Lipinski definition) is 0. The Balaban J connectivity index is 1.34. The summed E-state index contributed by atoms with van der Waals surface area (Å²) in [5, 5.41) is 4.60. The number of nitrogens with zero attached hydrogens (tertiary/aromatic N) is 5. The quantitative estimate of drug-likeness (QED) is 0.687. The van der Waals surface area contributed by atoms with Crippen LogP contribution in [0.15, 0.2) is 35.4 Å². The molecule has 0 amide bonds. The average Bonchev–Trinajstić information content (AvgIpc) is 3.28. The molecule has 0 spiro atoms. The maximum atomic E-state index is 13.4. The van der Waals surface area contributed by atoms with Crippen LogP contribution in [0.1, 0.15) is 29.8 Å². The molecule has 0 saturated carbocycles. The highest BCUT2D eigenvalue weighted by Crippen LogP contribution is 2.21. The molecule has 5 rings (SSSR count). The SMILES string of the molecule is O=c1cc2c(nn1CC1CCCN1Cc1cn3cc(F)ccc3n1)CCOC2. The largest absolute Gasteiger partial charge is 0.376 e. The van der Waals surface area contributed by atoms with E-state index in [0.29, 0.717) is 26.3 Å². The molecule has 7 nitrogen and oxygen atoms in total. The minimum Gasteiger partial charge on any atom is -0.376 e. The molecule has 28 heavy (non-hydrogen) atoms. The van der Waals surface area contributed by atoms with Gasteiger partial charge in [0.05, 0.1) is 31.1 Å². The fourth-order valence-electron chi connectivity index (χ4n) is 4.19. The Morgan fingerprint density at radius 2 is 2.21 bits per heavy atom. The van der Waals surface area contributed by atoms with Crippen LogP contribution in [0.25, 0.3) is 5.65 Å². The zero-order valence-electron chi connectivity index (χ0n) is 15.6. The molecule has 3 aromatic rings. The summed E-state index contributed by atoms with van der Waals surface area (Å²) in [7, 11) is 0. The molecule has 1 fully saturated rings. The van der Waals surface area contributed by atoms with Gasteiger partial charge in [0.1, 0.15) is 11.5 Å². The molecule has 2 aliphatic heterocycles. The predicted molar refractivity (Wildman–Crippen MR) is 100 cm³/mol. The Morgan fingerprint density at radius 1 is 1.29 bits per heavy atom. The van der Waals surface area contributed by atoms with Crippen LogP contribution in [-0.2, 0) is 30.9 Å². The van der Waals surface area contributed by atoms with Crippen molar-refractivity contribution < 1.29 is 9.13 Å². The zero-order valence-corrected chi connectivity index (χ0v) is 15.6. The van der Waals surface area contributed by atoms with Gasteiger partial charge in [-0.2, -0.15) is 5.10 Å². The fraction of sp³-hybridized carbons (Fsp3) is 0.450. The Morgan fingerprint density at radius 3 is 3.14 bits per heavy atom. The minimum absolute atomic E-state index is 0.0701. The van der Waals surface area contributed by atoms with E-state index >= 15 is 0 Å². The second-order valence-corrected chi connectivity index (χ2v) is 7.55. The van der Waals surface area contributed by atoms with Crippen molar-refractivity contribution in [2.75, 3.05) is 13.2 Å². The summed E-state index contributed by atoms with van der Waals surface area (Å²) in [6.07, 6.45) is 6.17. The fourth-order valence-corrected chi connectivity index (χ4v) is 4.19. The molecule has 1 unspecified atom stereocenters. The molecular formula is C20H22FN5O2. The first kappa shape index (κ1) is 17.5. The molecule has 0 aliphatic carbocycles. The smallest absolute Gasteiger partial charge is 0.267 e. The lowest BCUT2D eigenvalue weighted by atomic mass is 10.1. The van der Waals surface area contributed by atoms with Gasteiger partial charge in [0.2, 0.25) is 0 Å². The van der Waals surface area contributed by atoms with Gasteiger partial charge in [-0.3, -0.25) is 9.69 Å². The molecule has 1 atom stereocenters. The number of hydrogen-bond acceptors (Lipinski definition) is 5. The van der Waals surface area contributed by atoms with Gasteiger partial charge in [-0.1, -0.05) is 0 Å². The molecule has 0 aromatic carbocycles. The zero-order chi connectivity index (χ0) is 19.1. The summed E-state index contributed by atoms with van der Waals surface area (Å²) in [5.41, 5.74) is 3.45. The first-order valence-electron chi connectivity index (χ1n) is 9.70. The summed E-state index contributed by atoms with van der Waals surface area (Å²) in [6, 6.07) is 5.01. The maximum absolute atomic E-state index is 13.4. The number of fused-ring (bicyclic) bond motifs is 2. The van der Waals surface area contributed by atoms with Crippen LogP contribution < -0.4 is 5.56 Å². The third kappa shape index (κ3) is 3.33. The van der Waals surface area contributed by atoms with E-state index in [4.69, 9.17) is 4.74 Å². The summed E-state index contributed by atoms with van der Waals surface area (Å²) >= 11 is 0. The number of pyridine rings is 1. The van der Waals surface area contributed by atoms with Crippen LogP contribution in [0.2, 0.25) is 0 Å². The van der Waals surface area contributed by atoms with E-state index in [0.717, 1.165) is 48.4 Å². The first-order chi connectivity index (χ1) is 13.7. The molecule has 2 aliphatic rings. The number of rotatable bonds is 4. The van der Waals surface area contributed by atoms with Gasteiger partial charge in [0.15, 0.2) is 0 Å². The third-order valence-electron chi connectivity index (χ3n) is 5.62. The van der Waals surface area contributed by atoms with Gasteiger partial charge in [0, 0.05) is 43.0 Å². The van der Waals surface area contributed by atoms with E-state index < -0.39 is 0 Å². The van der Waals surface area contributed by atoms with Crippen molar-refractivity contribution in [2.24, 2.45) is 0 Å². The van der Waals surface area contributed by atoms with Gasteiger partial charge in [-0.05, 0) is 31.5 Å². The van der Waals surface area contributed by atoms with Crippen LogP contribution in [-0.4, -0.2) is 43.3 Å². The number of halogens is 1. The van der Waals surface area contributed by atoms with E-state index in [1.54, 1.807) is 21.2 Å². The van der Waals surface area contributed by atoms with Crippen molar-refractivity contribution in [3.63, 3.8) is 0 Å². The summed E-state index contributed by atoms with van der Waals surface area (Å²) in [5.74, 6) is -0.279. The lowest BCUT2D eigenvalue weighted by molar-refractivity contribution is 0.107. The molecule has 0 N–H and O–H groups in total. The lowest BCUT2D eigenvalue weighted by Crippen LogP contribution is -2.37. The monoisotopic (exact) mass is 383 g/mol. The Hall–Kier alpha value is -2.58. The summed E-state index contributed by atoms with van der Waals surface area (Å²) < 4.78 is 22.1. The highest BCUT2D eigenvalue weighted by molar-refractivity contribution is 5.39. The van der Waals surface area contributed by atoms with Crippen molar-refractivity contribution in [3.8, 4) is 0 Å². The lowest BCUT2D eigenvalue weighted by Gasteiger charge is -2.24. The molecular weight excluding hydrogens is 361 g/mol. The van der Waals surface area contributed by atoms with Gasteiger partial charge >= 0.3 is 0 Å². The third-order valence-corrected chi connectivity index (χ3v) is 5.62. The van der Waals surface area contributed by atoms with E-state index in [2.05, 4.69) is 15.0 Å². The van der Waals surface area contributed by atoms with Crippen LogP contribution in [0.3, 0.4) is 0 Å². The highest BCUT2D eigenvalue weighted by Gasteiger charge is 2.27. The molecule has 8 heteroatoms. The average molecular weight is 383 g/mol. The van der Waals surface area contributed by atoms with Gasteiger partial charge in [-0.25, -0.2) is 14.1 Å². The Bertz CT molecular complexity index is 1080. The highest BCUT2D eigenvalue weighted by atomic mass is 19.1. The van der Waals surface area contributed by atoms with Gasteiger partial charge in [0.25, 0.3) is 5.56 Å². The van der Waals surface area contributed by atoms with E-state index in [9.17, 15) is 9.18 Å². The topological polar surface area (TPSA) is 64.7 Å². The van der Waals surface area contributed by atoms with Crippen LogP contribution in [0.4, 0.5) is 4.39 Å². The van der Waals surface area contributed by atoms with Gasteiger partial charge in [-0.15, -0.1) is 0 Å². The van der Waals surface area contributed by atoms with Crippen LogP contribution >= 0.6 is 0 Å². The number of likely N-dealkylation sites (tertiary alicyclic amines) is 1. The van der Waals surface area contributed by atoms with Crippen LogP contribution in [0.5, 0.6) is 0 Å². The Kier molecular flexibility index (Phi) is 4.44. The Labute approximate surface area is 161 Å². The molecule has 146 valence electrons. The van der Waals surface area contributed by atoms with Crippen molar-refractivity contribution in [1.29, 1.82) is 0 Å². The standard InChI is InChI=1S/C20H22FN5O2/c21-15-3-4-19-22-16(11-25(19)9-15)10-24-6-1-2-17(24)12-26-20(27)8-14-13-28-7-5-18(14)23-26/h3-4,8-9,11,17H,1-2,5-7,10,12-13H2. The first-order valence-corrected chi connectivity index (χ1v) is 9.70. The molecule has 0 radical (unpaired) electrons.